The number of carbonyl (C=O) groups excluding carboxylic acids is 1. The molecule has 202 valence electrons. The number of ether oxygens (including phenoxy) is 1. The number of esters is 1. The number of imidazole rings is 1. The minimum Gasteiger partial charge on any atom is -0.467 e. The second kappa shape index (κ2) is 12.6. The number of aryl methyl sites for hydroxylation is 1. The number of nitrogens with one attached hydrogen (secondary N) is 1. The molecule has 0 radical (unpaired) electrons. The first-order valence-electron chi connectivity index (χ1n) is 12.8. The van der Waals surface area contributed by atoms with Gasteiger partial charge in [-0.25, -0.2) is 9.59 Å². The molecule has 0 amide bonds. The van der Waals surface area contributed by atoms with E-state index in [9.17, 15) is 9.59 Å². The summed E-state index contributed by atoms with van der Waals surface area (Å²) in [4.78, 5) is 32.0. The number of aliphatic imine (C=N–C) groups is 1. The van der Waals surface area contributed by atoms with Crippen LogP contribution < -0.4 is 22.5 Å². The number of nitrogens with zero attached hydrogens (tertiary/aromatic N) is 4. The van der Waals surface area contributed by atoms with E-state index in [4.69, 9.17) is 28.4 Å². The molecule has 1 atom stereocenters. The number of nitrogens with two attached hydrogens (primary N) is 2. The first kappa shape index (κ1) is 27.2. The van der Waals surface area contributed by atoms with Crippen LogP contribution in [0.2, 0.25) is 0 Å². The largest absolute Gasteiger partial charge is 0.467 e. The molecular weight excluding hydrogens is 502 g/mol. The highest BCUT2D eigenvalue weighted by atomic mass is 32.1. The predicted octanol–water partition coefficient (Wildman–Crippen LogP) is 1.76. The summed E-state index contributed by atoms with van der Waals surface area (Å²) < 4.78 is 8.73. The van der Waals surface area contributed by atoms with E-state index in [2.05, 4.69) is 15.2 Å². The molecule has 0 aliphatic carbocycles. The molecule has 4 rings (SSSR count). The number of rotatable bonds is 9. The van der Waals surface area contributed by atoms with Gasteiger partial charge in [0.1, 0.15) is 6.04 Å². The molecule has 5 N–H and O–H groups in total. The number of aromatic nitrogens is 2. The molecule has 1 fully saturated rings. The van der Waals surface area contributed by atoms with Gasteiger partial charge in [-0.3, -0.25) is 14.1 Å². The normalized spacial score (nSPS) is 14.7. The number of carbonyl (C=O) groups is 1. The number of fused-ring (bicyclic) bond motifs is 1. The van der Waals surface area contributed by atoms with Crippen molar-refractivity contribution in [2.75, 3.05) is 26.7 Å². The Morgan fingerprint density at radius 3 is 2.42 bits per heavy atom. The third-order valence-corrected chi connectivity index (χ3v) is 7.26. The first-order valence-corrected chi connectivity index (χ1v) is 13.2. The number of thiocarbonyl (C=S) groups is 1. The Bertz CT molecular complexity index is 1340. The maximum Gasteiger partial charge on any atom is 0.329 e. The zero-order chi connectivity index (χ0) is 27.1. The Labute approximate surface area is 227 Å². The Morgan fingerprint density at radius 1 is 1.11 bits per heavy atom. The number of piperidine rings is 1. The van der Waals surface area contributed by atoms with E-state index >= 15 is 0 Å². The van der Waals surface area contributed by atoms with Gasteiger partial charge in [0.15, 0.2) is 11.1 Å². The molecular formula is C27H35N7O3S. The van der Waals surface area contributed by atoms with E-state index in [1.54, 1.807) is 4.57 Å². The fourth-order valence-corrected chi connectivity index (χ4v) is 5.32. The topological polar surface area (TPSA) is 133 Å². The molecule has 1 aromatic heterocycles. The summed E-state index contributed by atoms with van der Waals surface area (Å²) in [6.07, 6.45) is 2.65. The van der Waals surface area contributed by atoms with Gasteiger partial charge in [0.25, 0.3) is 0 Å². The van der Waals surface area contributed by atoms with Gasteiger partial charge in [-0.05, 0) is 49.2 Å². The van der Waals surface area contributed by atoms with Crippen molar-refractivity contribution in [1.29, 1.82) is 0 Å². The molecule has 11 heteroatoms. The summed E-state index contributed by atoms with van der Waals surface area (Å²) >= 11 is 5.68. The minimum atomic E-state index is -0.577. The molecule has 0 spiro atoms. The number of benzene rings is 2. The molecule has 0 saturated carbocycles. The summed E-state index contributed by atoms with van der Waals surface area (Å²) in [7, 11) is 1.38. The molecule has 0 bridgehead atoms. The van der Waals surface area contributed by atoms with Crippen molar-refractivity contribution >= 4 is 40.3 Å². The van der Waals surface area contributed by atoms with Crippen LogP contribution in [0, 0.1) is 0 Å². The monoisotopic (exact) mass is 537 g/mol. The Morgan fingerprint density at radius 2 is 1.76 bits per heavy atom. The van der Waals surface area contributed by atoms with Crippen LogP contribution in [0.15, 0.2) is 64.4 Å². The molecule has 0 unspecified atom stereocenters. The first-order chi connectivity index (χ1) is 18.4. The predicted molar refractivity (Wildman–Crippen MR) is 153 cm³/mol. The molecule has 1 aliphatic heterocycles. The molecule has 2 aromatic carbocycles. The third-order valence-electron chi connectivity index (χ3n) is 6.89. The fraction of sp³-hybridized carbons (Fsp3) is 0.407. The highest BCUT2D eigenvalue weighted by Crippen LogP contribution is 2.26. The van der Waals surface area contributed by atoms with Crippen molar-refractivity contribution in [2.45, 2.75) is 44.3 Å². The molecule has 10 nitrogen and oxygen atoms in total. The van der Waals surface area contributed by atoms with Crippen LogP contribution in [-0.4, -0.2) is 63.9 Å². The lowest BCUT2D eigenvalue weighted by Gasteiger charge is -2.35. The zero-order valence-electron chi connectivity index (χ0n) is 21.6. The lowest BCUT2D eigenvalue weighted by Crippen LogP contribution is -2.51. The number of guanidine groups is 1. The van der Waals surface area contributed by atoms with Gasteiger partial charge in [0.05, 0.1) is 18.1 Å². The summed E-state index contributed by atoms with van der Waals surface area (Å²) in [5, 5.41) is 3.72. The van der Waals surface area contributed by atoms with Crippen LogP contribution in [-0.2, 0) is 22.5 Å². The number of para-hydroxylation sites is 2. The average molecular weight is 538 g/mol. The Kier molecular flexibility index (Phi) is 9.01. The van der Waals surface area contributed by atoms with Gasteiger partial charge in [0, 0.05) is 38.6 Å². The fourth-order valence-electron chi connectivity index (χ4n) is 4.99. The van der Waals surface area contributed by atoms with E-state index in [0.29, 0.717) is 44.1 Å². The van der Waals surface area contributed by atoms with Gasteiger partial charge in [-0.15, -0.1) is 0 Å². The summed E-state index contributed by atoms with van der Waals surface area (Å²) in [6.45, 7) is 2.35. The van der Waals surface area contributed by atoms with Crippen LogP contribution in [0.4, 0.5) is 0 Å². The van der Waals surface area contributed by atoms with Crippen molar-refractivity contribution in [3.63, 3.8) is 0 Å². The average Bonchev–Trinajstić information content (AvgIpc) is 3.21. The lowest BCUT2D eigenvalue weighted by molar-refractivity contribution is -0.142. The van der Waals surface area contributed by atoms with Crippen molar-refractivity contribution in [2.24, 2.45) is 16.5 Å². The highest BCUT2D eigenvalue weighted by Gasteiger charge is 2.28. The highest BCUT2D eigenvalue weighted by molar-refractivity contribution is 7.80. The number of hydrogen-bond acceptors (Lipinski definition) is 5. The SMILES string of the molecule is COC(=O)[C@@H](Cc1ccccc1)NC(=S)N1CCC(n2c(=O)n(CCCN=C(N)N)c3ccccc32)CC1. The number of likely N-dealkylation sites (tertiary alicyclic amines) is 1. The van der Waals surface area contributed by atoms with E-state index < -0.39 is 6.04 Å². The second-order valence-electron chi connectivity index (χ2n) is 9.39. The molecule has 38 heavy (non-hydrogen) atoms. The minimum absolute atomic E-state index is 0.0244. The third kappa shape index (κ3) is 6.34. The van der Waals surface area contributed by atoms with Crippen LogP contribution in [0.25, 0.3) is 11.0 Å². The quantitative estimate of drug-likeness (QED) is 0.124. The van der Waals surface area contributed by atoms with Crippen LogP contribution in [0.3, 0.4) is 0 Å². The van der Waals surface area contributed by atoms with Crippen molar-refractivity contribution < 1.29 is 9.53 Å². The van der Waals surface area contributed by atoms with E-state index in [-0.39, 0.29) is 23.7 Å². The van der Waals surface area contributed by atoms with Crippen LogP contribution >= 0.6 is 12.2 Å². The Balaban J connectivity index is 1.43. The zero-order valence-corrected chi connectivity index (χ0v) is 22.4. The Hall–Kier alpha value is -3.86. The van der Waals surface area contributed by atoms with Crippen LogP contribution in [0.1, 0.15) is 30.9 Å². The molecule has 3 aromatic rings. The maximum atomic E-state index is 13.5. The van der Waals surface area contributed by atoms with Crippen LogP contribution in [0.5, 0.6) is 0 Å². The number of hydrogen-bond donors (Lipinski definition) is 3. The van der Waals surface area contributed by atoms with Gasteiger partial charge in [0.2, 0.25) is 0 Å². The maximum absolute atomic E-state index is 13.5. The number of methoxy groups -OCH3 is 1. The van der Waals surface area contributed by atoms with E-state index in [1.807, 2.05) is 59.2 Å². The smallest absolute Gasteiger partial charge is 0.329 e. The lowest BCUT2D eigenvalue weighted by atomic mass is 10.0. The molecule has 2 heterocycles. The summed E-state index contributed by atoms with van der Waals surface area (Å²) in [5.41, 5.74) is 13.7. The van der Waals surface area contributed by atoms with Crippen molar-refractivity contribution in [1.82, 2.24) is 19.4 Å². The van der Waals surface area contributed by atoms with E-state index in [1.165, 1.54) is 7.11 Å². The molecule has 1 aliphatic rings. The van der Waals surface area contributed by atoms with E-state index in [0.717, 1.165) is 29.4 Å². The second-order valence-corrected chi connectivity index (χ2v) is 9.77. The summed E-state index contributed by atoms with van der Waals surface area (Å²) in [5.74, 6) is -0.304. The molecule has 1 saturated heterocycles. The van der Waals surface area contributed by atoms with Gasteiger partial charge >= 0.3 is 11.7 Å². The van der Waals surface area contributed by atoms with Gasteiger partial charge < -0.3 is 26.4 Å². The van der Waals surface area contributed by atoms with Crippen molar-refractivity contribution in [3.05, 3.63) is 70.6 Å². The van der Waals surface area contributed by atoms with Crippen molar-refractivity contribution in [3.8, 4) is 0 Å². The summed E-state index contributed by atoms with van der Waals surface area (Å²) in [6, 6.07) is 17.1. The van der Waals surface area contributed by atoms with Gasteiger partial charge in [-0.1, -0.05) is 42.5 Å². The standard InChI is InChI=1S/C27H35N7O3S/c1-37-24(35)21(18-19-8-3-2-4-9-19)31-26(38)32-16-12-20(13-17-32)34-23-11-6-5-10-22(23)33(27(34)36)15-7-14-30-25(28)29/h2-6,8-11,20-21H,7,12-18H2,1H3,(H,31,38)(H4,28,29,30)/t21-/m1/s1. The van der Waals surface area contributed by atoms with Gasteiger partial charge in [-0.2, -0.15) is 0 Å².